The van der Waals surface area contributed by atoms with Crippen molar-refractivity contribution in [2.24, 2.45) is 0 Å². The zero-order chi connectivity index (χ0) is 13.0. The monoisotopic (exact) mass is 310 g/mol. The van der Waals surface area contributed by atoms with Crippen LogP contribution in [0.25, 0.3) is 0 Å². The zero-order valence-corrected chi connectivity index (χ0v) is 12.2. The number of aryl methyl sites for hydroxylation is 1. The smallest absolute Gasteiger partial charge is 0.238 e. The summed E-state index contributed by atoms with van der Waals surface area (Å²) < 4.78 is 0.988. The Morgan fingerprint density at radius 2 is 2.06 bits per heavy atom. The molecule has 0 atom stereocenters. The summed E-state index contributed by atoms with van der Waals surface area (Å²) >= 11 is 3.43. The molecule has 2 N–H and O–H groups in total. The van der Waals surface area contributed by atoms with Gasteiger partial charge in [0.05, 0.1) is 6.54 Å². The van der Waals surface area contributed by atoms with E-state index in [1.165, 1.54) is 25.7 Å². The molecule has 0 unspecified atom stereocenters. The van der Waals surface area contributed by atoms with Gasteiger partial charge in [-0.15, -0.1) is 0 Å². The van der Waals surface area contributed by atoms with E-state index < -0.39 is 0 Å². The minimum atomic E-state index is 0.0272. The predicted molar refractivity (Wildman–Crippen MR) is 77.8 cm³/mol. The van der Waals surface area contributed by atoms with Gasteiger partial charge in [-0.25, -0.2) is 0 Å². The molecule has 0 saturated heterocycles. The molecule has 1 aliphatic carbocycles. The molecule has 1 amide bonds. The summed E-state index contributed by atoms with van der Waals surface area (Å²) in [6.45, 7) is 2.41. The Bertz CT molecular complexity index is 408. The average Bonchev–Trinajstić information content (AvgIpc) is 2.77. The molecule has 2 rings (SSSR count). The van der Waals surface area contributed by atoms with Crippen molar-refractivity contribution >= 4 is 27.5 Å². The average molecular weight is 311 g/mol. The lowest BCUT2D eigenvalue weighted by molar-refractivity contribution is -0.115. The van der Waals surface area contributed by atoms with Gasteiger partial charge in [0.1, 0.15) is 0 Å². The molecular weight excluding hydrogens is 292 g/mol. The number of carbonyl (C=O) groups excluding carboxylic acids is 1. The first-order valence-corrected chi connectivity index (χ1v) is 7.23. The van der Waals surface area contributed by atoms with Crippen molar-refractivity contribution in [1.29, 1.82) is 0 Å². The summed E-state index contributed by atoms with van der Waals surface area (Å²) in [7, 11) is 0. The third-order valence-corrected chi connectivity index (χ3v) is 3.69. The van der Waals surface area contributed by atoms with Crippen molar-refractivity contribution in [2.45, 2.75) is 38.6 Å². The maximum atomic E-state index is 11.8. The Labute approximate surface area is 116 Å². The molecule has 0 aromatic heterocycles. The van der Waals surface area contributed by atoms with E-state index in [0.29, 0.717) is 12.6 Å². The van der Waals surface area contributed by atoms with Gasteiger partial charge < -0.3 is 10.6 Å². The van der Waals surface area contributed by atoms with Crippen LogP contribution >= 0.6 is 15.9 Å². The van der Waals surface area contributed by atoms with Crippen LogP contribution in [-0.4, -0.2) is 18.5 Å². The largest absolute Gasteiger partial charge is 0.325 e. The predicted octanol–water partition coefficient (Wildman–Crippen LogP) is 3.23. The standard InChI is InChI=1S/C14H19BrN2O/c1-10-6-11(15)8-13(7-10)17-14(18)9-16-12-4-2-3-5-12/h6-8,12,16H,2-5,9H2,1H3,(H,17,18). The van der Waals surface area contributed by atoms with E-state index in [2.05, 4.69) is 26.6 Å². The molecule has 1 fully saturated rings. The van der Waals surface area contributed by atoms with Gasteiger partial charge in [-0.05, 0) is 43.5 Å². The Kier molecular flexibility index (Phi) is 4.78. The molecule has 0 radical (unpaired) electrons. The van der Waals surface area contributed by atoms with Gasteiger partial charge in [-0.1, -0.05) is 28.8 Å². The second-order valence-electron chi connectivity index (χ2n) is 4.93. The summed E-state index contributed by atoms with van der Waals surface area (Å²) in [5, 5.41) is 6.22. The summed E-state index contributed by atoms with van der Waals surface area (Å²) in [6, 6.07) is 6.44. The number of hydrogen-bond donors (Lipinski definition) is 2. The van der Waals surface area contributed by atoms with E-state index in [0.717, 1.165) is 15.7 Å². The molecule has 1 aromatic carbocycles. The van der Waals surface area contributed by atoms with Crippen LogP contribution in [-0.2, 0) is 4.79 Å². The maximum absolute atomic E-state index is 11.8. The van der Waals surface area contributed by atoms with E-state index in [9.17, 15) is 4.79 Å². The van der Waals surface area contributed by atoms with Crippen LogP contribution in [0.2, 0.25) is 0 Å². The molecule has 1 aliphatic rings. The van der Waals surface area contributed by atoms with Crippen LogP contribution in [0.4, 0.5) is 5.69 Å². The maximum Gasteiger partial charge on any atom is 0.238 e. The fraction of sp³-hybridized carbons (Fsp3) is 0.500. The summed E-state index contributed by atoms with van der Waals surface area (Å²) in [4.78, 5) is 11.8. The Morgan fingerprint density at radius 3 is 2.72 bits per heavy atom. The summed E-state index contributed by atoms with van der Waals surface area (Å²) in [6.07, 6.45) is 4.96. The number of halogens is 1. The highest BCUT2D eigenvalue weighted by atomic mass is 79.9. The minimum Gasteiger partial charge on any atom is -0.325 e. The molecular formula is C14H19BrN2O. The molecule has 0 bridgehead atoms. The number of benzene rings is 1. The zero-order valence-electron chi connectivity index (χ0n) is 10.6. The molecule has 0 heterocycles. The van der Waals surface area contributed by atoms with Crippen LogP contribution in [0.15, 0.2) is 22.7 Å². The molecule has 0 spiro atoms. The van der Waals surface area contributed by atoms with Crippen LogP contribution in [0, 0.1) is 6.92 Å². The first-order valence-electron chi connectivity index (χ1n) is 6.44. The number of carbonyl (C=O) groups is 1. The van der Waals surface area contributed by atoms with Crippen LogP contribution in [0.1, 0.15) is 31.2 Å². The molecule has 18 heavy (non-hydrogen) atoms. The van der Waals surface area contributed by atoms with Crippen molar-refractivity contribution in [1.82, 2.24) is 5.32 Å². The highest BCUT2D eigenvalue weighted by Gasteiger charge is 2.15. The fourth-order valence-electron chi connectivity index (χ4n) is 2.38. The van der Waals surface area contributed by atoms with E-state index in [4.69, 9.17) is 0 Å². The van der Waals surface area contributed by atoms with Crippen molar-refractivity contribution in [3.63, 3.8) is 0 Å². The van der Waals surface area contributed by atoms with E-state index >= 15 is 0 Å². The lowest BCUT2D eigenvalue weighted by Crippen LogP contribution is -2.34. The van der Waals surface area contributed by atoms with Gasteiger partial charge in [-0.3, -0.25) is 4.79 Å². The first-order chi connectivity index (χ1) is 8.63. The van der Waals surface area contributed by atoms with Crippen LogP contribution < -0.4 is 10.6 Å². The molecule has 1 aromatic rings. The highest BCUT2D eigenvalue weighted by molar-refractivity contribution is 9.10. The lowest BCUT2D eigenvalue weighted by Gasteiger charge is -2.12. The van der Waals surface area contributed by atoms with E-state index in [1.807, 2.05) is 25.1 Å². The number of anilines is 1. The minimum absolute atomic E-state index is 0.0272. The van der Waals surface area contributed by atoms with E-state index in [1.54, 1.807) is 0 Å². The Morgan fingerprint density at radius 1 is 1.33 bits per heavy atom. The third-order valence-electron chi connectivity index (χ3n) is 3.23. The summed E-state index contributed by atoms with van der Waals surface area (Å²) in [5.41, 5.74) is 1.98. The number of rotatable bonds is 4. The third kappa shape index (κ3) is 4.10. The Balaban J connectivity index is 1.82. The quantitative estimate of drug-likeness (QED) is 0.896. The van der Waals surface area contributed by atoms with E-state index in [-0.39, 0.29) is 5.91 Å². The van der Waals surface area contributed by atoms with Gasteiger partial charge in [0.2, 0.25) is 5.91 Å². The molecule has 98 valence electrons. The van der Waals surface area contributed by atoms with Crippen molar-refractivity contribution in [2.75, 3.05) is 11.9 Å². The number of nitrogens with one attached hydrogen (secondary N) is 2. The molecule has 4 heteroatoms. The SMILES string of the molecule is Cc1cc(Br)cc(NC(=O)CNC2CCCC2)c1. The lowest BCUT2D eigenvalue weighted by atomic mass is 10.2. The molecule has 1 saturated carbocycles. The number of hydrogen-bond acceptors (Lipinski definition) is 2. The van der Waals surface area contributed by atoms with Gasteiger partial charge in [0.15, 0.2) is 0 Å². The van der Waals surface area contributed by atoms with Gasteiger partial charge >= 0.3 is 0 Å². The van der Waals surface area contributed by atoms with Crippen molar-refractivity contribution < 1.29 is 4.79 Å². The summed E-state index contributed by atoms with van der Waals surface area (Å²) in [5.74, 6) is 0.0272. The number of amides is 1. The molecule has 3 nitrogen and oxygen atoms in total. The van der Waals surface area contributed by atoms with Crippen molar-refractivity contribution in [3.8, 4) is 0 Å². The van der Waals surface area contributed by atoms with Crippen LogP contribution in [0.3, 0.4) is 0 Å². The van der Waals surface area contributed by atoms with Gasteiger partial charge in [0, 0.05) is 16.2 Å². The highest BCUT2D eigenvalue weighted by Crippen LogP contribution is 2.19. The first kappa shape index (κ1) is 13.6. The normalized spacial score (nSPS) is 15.9. The topological polar surface area (TPSA) is 41.1 Å². The van der Waals surface area contributed by atoms with Crippen molar-refractivity contribution in [3.05, 3.63) is 28.2 Å². The molecule has 0 aliphatic heterocycles. The second kappa shape index (κ2) is 6.34. The van der Waals surface area contributed by atoms with Gasteiger partial charge in [-0.2, -0.15) is 0 Å². The second-order valence-corrected chi connectivity index (χ2v) is 5.84. The Hall–Kier alpha value is -0.870. The van der Waals surface area contributed by atoms with Crippen LogP contribution in [0.5, 0.6) is 0 Å². The fourth-order valence-corrected chi connectivity index (χ4v) is 2.99. The van der Waals surface area contributed by atoms with Gasteiger partial charge in [0.25, 0.3) is 0 Å².